The number of ether oxygens (including phenoxy) is 1. The van der Waals surface area contributed by atoms with E-state index < -0.39 is 6.10 Å². The molecule has 0 radical (unpaired) electrons. The second kappa shape index (κ2) is 10.0. The maximum Gasteiger partial charge on any atom is 0.117 e. The Morgan fingerprint density at radius 2 is 2.16 bits per heavy atom. The molecule has 1 unspecified atom stereocenters. The monoisotopic (exact) mass is 269 g/mol. The van der Waals surface area contributed by atoms with Crippen molar-refractivity contribution in [3.8, 4) is 0 Å². The van der Waals surface area contributed by atoms with E-state index in [1.807, 2.05) is 19.1 Å². The van der Waals surface area contributed by atoms with E-state index >= 15 is 0 Å². The lowest BCUT2D eigenvalue weighted by atomic mass is 10.2. The zero-order valence-corrected chi connectivity index (χ0v) is 12.2. The van der Waals surface area contributed by atoms with Crippen molar-refractivity contribution in [3.63, 3.8) is 0 Å². The van der Waals surface area contributed by atoms with Crippen LogP contribution in [-0.2, 0) is 11.3 Å². The van der Waals surface area contributed by atoms with Crippen molar-refractivity contribution in [1.29, 1.82) is 0 Å². The highest BCUT2D eigenvalue weighted by atomic mass is 16.5. The third kappa shape index (κ3) is 8.03. The highest BCUT2D eigenvalue weighted by Crippen LogP contribution is 2.05. The fraction of sp³-hybridized carbons (Fsp3) is 0.733. The number of hydrogen-bond donors (Lipinski definition) is 2. The van der Waals surface area contributed by atoms with Crippen molar-refractivity contribution in [2.75, 3.05) is 19.8 Å². The van der Waals surface area contributed by atoms with Gasteiger partial charge in [0.05, 0.1) is 19.3 Å². The van der Waals surface area contributed by atoms with Crippen LogP contribution in [0, 0.1) is 6.92 Å². The highest BCUT2D eigenvalue weighted by molar-refractivity contribution is 5.05. The Kier molecular flexibility index (Phi) is 8.54. The van der Waals surface area contributed by atoms with Gasteiger partial charge in [-0.1, -0.05) is 26.2 Å². The van der Waals surface area contributed by atoms with Gasteiger partial charge < -0.3 is 19.6 Å². The first-order valence-electron chi connectivity index (χ1n) is 7.24. The molecule has 2 N–H and O–H groups in total. The average Bonchev–Trinajstić information content (AvgIpc) is 2.79. The van der Waals surface area contributed by atoms with Crippen LogP contribution in [0.1, 0.15) is 44.1 Å². The molecule has 1 rings (SSSR count). The molecular formula is C15H27NO3. The maximum absolute atomic E-state index is 9.72. The number of unbranched alkanes of at least 4 members (excludes halogenated alkanes) is 3. The Balaban J connectivity index is 1.94. The lowest BCUT2D eigenvalue weighted by Gasteiger charge is -2.11. The van der Waals surface area contributed by atoms with Crippen LogP contribution in [0.15, 0.2) is 16.5 Å². The van der Waals surface area contributed by atoms with Crippen molar-refractivity contribution >= 4 is 0 Å². The number of rotatable bonds is 11. The van der Waals surface area contributed by atoms with Crippen molar-refractivity contribution in [1.82, 2.24) is 5.32 Å². The predicted octanol–water partition coefficient (Wildman–Crippen LogP) is 2.64. The van der Waals surface area contributed by atoms with Gasteiger partial charge in [-0.25, -0.2) is 0 Å². The normalized spacial score (nSPS) is 12.8. The molecule has 0 amide bonds. The Morgan fingerprint density at radius 1 is 1.32 bits per heavy atom. The van der Waals surface area contributed by atoms with Crippen LogP contribution in [0.5, 0.6) is 0 Å². The minimum absolute atomic E-state index is 0.399. The summed E-state index contributed by atoms with van der Waals surface area (Å²) in [6, 6.07) is 3.88. The minimum atomic E-state index is -0.456. The summed E-state index contributed by atoms with van der Waals surface area (Å²) < 4.78 is 10.9. The first kappa shape index (κ1) is 16.2. The number of furan rings is 1. The zero-order chi connectivity index (χ0) is 13.9. The first-order chi connectivity index (χ1) is 9.22. The van der Waals surface area contributed by atoms with Crippen molar-refractivity contribution < 1.29 is 14.3 Å². The summed E-state index contributed by atoms with van der Waals surface area (Å²) in [7, 11) is 0. The van der Waals surface area contributed by atoms with Crippen LogP contribution >= 0.6 is 0 Å². The van der Waals surface area contributed by atoms with E-state index in [0.29, 0.717) is 19.7 Å². The Hall–Kier alpha value is -0.840. The Bertz CT molecular complexity index is 325. The number of aryl methyl sites for hydroxylation is 1. The van der Waals surface area contributed by atoms with Crippen LogP contribution in [0.2, 0.25) is 0 Å². The van der Waals surface area contributed by atoms with E-state index in [1.165, 1.54) is 19.3 Å². The average molecular weight is 269 g/mol. The van der Waals surface area contributed by atoms with Crippen LogP contribution < -0.4 is 5.32 Å². The van der Waals surface area contributed by atoms with Crippen LogP contribution in [0.4, 0.5) is 0 Å². The summed E-state index contributed by atoms with van der Waals surface area (Å²) in [5, 5.41) is 12.9. The largest absolute Gasteiger partial charge is 0.465 e. The van der Waals surface area contributed by atoms with Gasteiger partial charge >= 0.3 is 0 Å². The van der Waals surface area contributed by atoms with Crippen molar-refractivity contribution in [2.24, 2.45) is 0 Å². The lowest BCUT2D eigenvalue weighted by Crippen LogP contribution is -2.30. The standard InChI is InChI=1S/C15H27NO3/c1-3-4-5-6-9-18-12-14(17)10-16-11-15-8-7-13(2)19-15/h7-8,14,16-17H,3-6,9-12H2,1-2H3. The molecule has 0 aliphatic rings. The molecule has 1 aromatic heterocycles. The number of aliphatic hydroxyl groups excluding tert-OH is 1. The molecule has 0 aliphatic heterocycles. The third-order valence-electron chi connectivity index (χ3n) is 2.93. The minimum Gasteiger partial charge on any atom is -0.465 e. The molecule has 4 heteroatoms. The van der Waals surface area contributed by atoms with Gasteiger partial charge in [-0.2, -0.15) is 0 Å². The second-order valence-corrected chi connectivity index (χ2v) is 4.93. The van der Waals surface area contributed by atoms with E-state index in [1.54, 1.807) is 0 Å². The molecule has 1 aromatic rings. The number of hydrogen-bond acceptors (Lipinski definition) is 4. The summed E-state index contributed by atoms with van der Waals surface area (Å²) in [5.74, 6) is 1.80. The molecule has 0 aliphatic carbocycles. The fourth-order valence-corrected chi connectivity index (χ4v) is 1.85. The number of aliphatic hydroxyl groups is 1. The summed E-state index contributed by atoms with van der Waals surface area (Å²) >= 11 is 0. The van der Waals surface area contributed by atoms with E-state index in [-0.39, 0.29) is 0 Å². The fourth-order valence-electron chi connectivity index (χ4n) is 1.85. The summed E-state index contributed by atoms with van der Waals surface area (Å²) in [4.78, 5) is 0. The molecule has 110 valence electrons. The maximum atomic E-state index is 9.72. The van der Waals surface area contributed by atoms with Crippen LogP contribution in [-0.4, -0.2) is 31.0 Å². The topological polar surface area (TPSA) is 54.6 Å². The molecule has 0 saturated carbocycles. The van der Waals surface area contributed by atoms with Crippen LogP contribution in [0.25, 0.3) is 0 Å². The van der Waals surface area contributed by atoms with Gasteiger partial charge in [-0.05, 0) is 25.5 Å². The summed E-state index contributed by atoms with van der Waals surface area (Å²) in [6.45, 7) is 6.42. The first-order valence-corrected chi connectivity index (χ1v) is 7.24. The smallest absolute Gasteiger partial charge is 0.117 e. The molecule has 0 saturated heterocycles. The summed E-state index contributed by atoms with van der Waals surface area (Å²) in [6.07, 6.45) is 4.33. The number of nitrogens with one attached hydrogen (secondary N) is 1. The predicted molar refractivity (Wildman–Crippen MR) is 76.1 cm³/mol. The van der Waals surface area contributed by atoms with Gasteiger partial charge in [0.15, 0.2) is 0 Å². The molecule has 19 heavy (non-hydrogen) atoms. The molecule has 0 fully saturated rings. The van der Waals surface area contributed by atoms with Crippen LogP contribution in [0.3, 0.4) is 0 Å². The molecule has 0 spiro atoms. The molecule has 0 bridgehead atoms. The second-order valence-electron chi connectivity index (χ2n) is 4.93. The van der Waals surface area contributed by atoms with Gasteiger partial charge in [-0.3, -0.25) is 0 Å². The quantitative estimate of drug-likeness (QED) is 0.606. The lowest BCUT2D eigenvalue weighted by molar-refractivity contribution is 0.0351. The zero-order valence-electron chi connectivity index (χ0n) is 12.2. The van der Waals surface area contributed by atoms with Gasteiger partial charge in [-0.15, -0.1) is 0 Å². The van der Waals surface area contributed by atoms with Crippen molar-refractivity contribution in [2.45, 2.75) is 52.2 Å². The molecule has 4 nitrogen and oxygen atoms in total. The van der Waals surface area contributed by atoms with Crippen molar-refractivity contribution in [3.05, 3.63) is 23.7 Å². The molecule has 1 heterocycles. The molecule has 1 atom stereocenters. The summed E-state index contributed by atoms with van der Waals surface area (Å²) in [5.41, 5.74) is 0. The Labute approximate surface area is 116 Å². The Morgan fingerprint density at radius 3 is 2.84 bits per heavy atom. The molecule has 0 aromatic carbocycles. The van der Waals surface area contributed by atoms with Gasteiger partial charge in [0, 0.05) is 13.2 Å². The van der Waals surface area contributed by atoms with E-state index in [0.717, 1.165) is 24.5 Å². The van der Waals surface area contributed by atoms with E-state index in [9.17, 15) is 5.11 Å². The van der Waals surface area contributed by atoms with Gasteiger partial charge in [0.25, 0.3) is 0 Å². The SMILES string of the molecule is CCCCCCOCC(O)CNCc1ccc(C)o1. The van der Waals surface area contributed by atoms with E-state index in [4.69, 9.17) is 9.15 Å². The molecular weight excluding hydrogens is 242 g/mol. The highest BCUT2D eigenvalue weighted by Gasteiger charge is 2.04. The van der Waals surface area contributed by atoms with Gasteiger partial charge in [0.2, 0.25) is 0 Å². The van der Waals surface area contributed by atoms with Gasteiger partial charge in [0.1, 0.15) is 11.5 Å². The third-order valence-corrected chi connectivity index (χ3v) is 2.93. The van der Waals surface area contributed by atoms with E-state index in [2.05, 4.69) is 12.2 Å².